The molecule has 0 unspecified atom stereocenters. The zero-order valence-electron chi connectivity index (χ0n) is 13.0. The van der Waals surface area contributed by atoms with E-state index >= 15 is 0 Å². The molecule has 0 aliphatic rings. The van der Waals surface area contributed by atoms with E-state index < -0.39 is 0 Å². The first kappa shape index (κ1) is 16.3. The third-order valence-electron chi connectivity index (χ3n) is 3.73. The van der Waals surface area contributed by atoms with Gasteiger partial charge < -0.3 is 9.84 Å². The normalized spacial score (nSPS) is 11.1. The number of rotatable bonds is 4. The van der Waals surface area contributed by atoms with Crippen molar-refractivity contribution in [2.75, 3.05) is 7.11 Å². The summed E-state index contributed by atoms with van der Waals surface area (Å²) in [5, 5.41) is 12.0. The van der Waals surface area contributed by atoms with Crippen molar-refractivity contribution in [3.05, 3.63) is 76.3 Å². The van der Waals surface area contributed by atoms with E-state index in [4.69, 9.17) is 4.74 Å². The fourth-order valence-corrected chi connectivity index (χ4v) is 2.92. The van der Waals surface area contributed by atoms with Gasteiger partial charge in [-0.05, 0) is 56.5 Å². The lowest BCUT2D eigenvalue weighted by atomic mass is 10.0. The smallest absolute Gasteiger partial charge is 0.185 e. The van der Waals surface area contributed by atoms with Crippen molar-refractivity contribution in [3.8, 4) is 11.5 Å². The van der Waals surface area contributed by atoms with Gasteiger partial charge in [0.2, 0.25) is 0 Å². The highest BCUT2D eigenvalue weighted by Gasteiger charge is 2.08. The molecule has 24 heavy (non-hydrogen) atoms. The highest BCUT2D eigenvalue weighted by atomic mass is 79.9. The molecule has 0 amide bonds. The number of hydrogen-bond donors (Lipinski definition) is 1. The number of ketones is 1. The number of carbonyl (C=O) groups excluding carboxylic acids is 1. The lowest BCUT2D eigenvalue weighted by molar-refractivity contribution is 0.104. The molecule has 3 aromatic carbocycles. The van der Waals surface area contributed by atoms with Gasteiger partial charge in [0.1, 0.15) is 0 Å². The summed E-state index contributed by atoms with van der Waals surface area (Å²) in [4.78, 5) is 12.4. The second-order valence-corrected chi connectivity index (χ2v) is 6.17. The van der Waals surface area contributed by atoms with E-state index in [2.05, 4.69) is 15.9 Å². The van der Waals surface area contributed by atoms with Crippen LogP contribution in [0.2, 0.25) is 0 Å². The molecular weight excluding hydrogens is 368 g/mol. The molecule has 0 bridgehead atoms. The van der Waals surface area contributed by atoms with E-state index in [1.165, 1.54) is 13.2 Å². The summed E-state index contributed by atoms with van der Waals surface area (Å²) in [6.07, 6.45) is 3.21. The molecular formula is C20H15BrO3. The lowest BCUT2D eigenvalue weighted by Crippen LogP contribution is -1.94. The quantitative estimate of drug-likeness (QED) is 0.497. The predicted octanol–water partition coefficient (Wildman–Crippen LogP) is 5.21. The summed E-state index contributed by atoms with van der Waals surface area (Å²) in [5.74, 6) is 0.307. The Kier molecular flexibility index (Phi) is 4.67. The zero-order valence-corrected chi connectivity index (χ0v) is 14.6. The maximum Gasteiger partial charge on any atom is 0.185 e. The number of allylic oxidation sites excluding steroid dienone is 1. The molecule has 4 heteroatoms. The van der Waals surface area contributed by atoms with Crippen molar-refractivity contribution < 1.29 is 14.6 Å². The maximum absolute atomic E-state index is 12.4. The monoisotopic (exact) mass is 382 g/mol. The second-order valence-electron chi connectivity index (χ2n) is 5.31. The summed E-state index contributed by atoms with van der Waals surface area (Å²) in [6, 6.07) is 17.0. The number of halogens is 1. The number of hydrogen-bond acceptors (Lipinski definition) is 3. The molecule has 3 rings (SSSR count). The fraction of sp³-hybridized carbons (Fsp3) is 0.0500. The van der Waals surface area contributed by atoms with Crippen LogP contribution in [0, 0.1) is 0 Å². The van der Waals surface area contributed by atoms with E-state index in [9.17, 15) is 9.90 Å². The topological polar surface area (TPSA) is 46.5 Å². The average molecular weight is 383 g/mol. The fourth-order valence-electron chi connectivity index (χ4n) is 2.46. The number of benzene rings is 3. The molecule has 3 aromatic rings. The Labute approximate surface area is 148 Å². The van der Waals surface area contributed by atoms with Gasteiger partial charge in [0.05, 0.1) is 11.6 Å². The molecule has 0 atom stereocenters. The molecule has 0 fully saturated rings. The van der Waals surface area contributed by atoms with Crippen molar-refractivity contribution >= 4 is 38.6 Å². The van der Waals surface area contributed by atoms with Crippen molar-refractivity contribution in [1.82, 2.24) is 0 Å². The summed E-state index contributed by atoms with van der Waals surface area (Å²) in [7, 11) is 1.48. The van der Waals surface area contributed by atoms with Crippen LogP contribution in [0.1, 0.15) is 15.9 Å². The van der Waals surface area contributed by atoms with Gasteiger partial charge in [-0.15, -0.1) is 0 Å². The molecule has 0 spiro atoms. The van der Waals surface area contributed by atoms with Gasteiger partial charge in [-0.3, -0.25) is 4.79 Å². The van der Waals surface area contributed by atoms with Crippen LogP contribution in [0.4, 0.5) is 0 Å². The summed E-state index contributed by atoms with van der Waals surface area (Å²) >= 11 is 3.27. The number of aromatic hydroxyl groups is 1. The number of ether oxygens (including phenoxy) is 1. The minimum absolute atomic E-state index is 0.0375. The Hall–Kier alpha value is -2.59. The van der Waals surface area contributed by atoms with Crippen molar-refractivity contribution in [2.24, 2.45) is 0 Å². The Morgan fingerprint density at radius 3 is 2.58 bits per heavy atom. The Morgan fingerprint density at radius 2 is 1.83 bits per heavy atom. The van der Waals surface area contributed by atoms with Gasteiger partial charge in [-0.1, -0.05) is 42.5 Å². The SMILES string of the molecule is COc1cc(C=CC(=O)c2ccc3ccccc3c2)cc(Br)c1O. The van der Waals surface area contributed by atoms with Gasteiger partial charge in [0, 0.05) is 5.56 Å². The van der Waals surface area contributed by atoms with Crippen molar-refractivity contribution in [1.29, 1.82) is 0 Å². The van der Waals surface area contributed by atoms with Gasteiger partial charge in [-0.25, -0.2) is 0 Å². The molecule has 0 aromatic heterocycles. The van der Waals surface area contributed by atoms with Crippen molar-refractivity contribution in [2.45, 2.75) is 0 Å². The minimum Gasteiger partial charge on any atom is -0.503 e. The molecule has 3 nitrogen and oxygen atoms in total. The van der Waals surface area contributed by atoms with Gasteiger partial charge in [-0.2, -0.15) is 0 Å². The van der Waals surface area contributed by atoms with Crippen LogP contribution in [0.3, 0.4) is 0 Å². The van der Waals surface area contributed by atoms with Crippen LogP contribution in [0.25, 0.3) is 16.8 Å². The molecule has 120 valence electrons. The Balaban J connectivity index is 1.88. The average Bonchev–Trinajstić information content (AvgIpc) is 2.61. The maximum atomic E-state index is 12.4. The first-order valence-corrected chi connectivity index (χ1v) is 8.15. The molecule has 0 aliphatic carbocycles. The van der Waals surface area contributed by atoms with Crippen molar-refractivity contribution in [3.63, 3.8) is 0 Å². The Morgan fingerprint density at radius 1 is 1.08 bits per heavy atom. The minimum atomic E-state index is -0.0797. The summed E-state index contributed by atoms with van der Waals surface area (Å²) in [6.45, 7) is 0. The molecule has 0 aliphatic heterocycles. The van der Waals surface area contributed by atoms with Crippen LogP contribution < -0.4 is 4.74 Å². The largest absolute Gasteiger partial charge is 0.503 e. The number of methoxy groups -OCH3 is 1. The zero-order chi connectivity index (χ0) is 17.1. The second kappa shape index (κ2) is 6.89. The van der Waals surface area contributed by atoms with Crippen LogP contribution in [0.15, 0.2) is 65.1 Å². The standard InChI is InChI=1S/C20H15BrO3/c1-24-19-11-13(10-17(21)20(19)23)6-9-18(22)16-8-7-14-4-2-3-5-15(14)12-16/h2-12,23H,1H3. The molecule has 0 saturated carbocycles. The molecule has 0 heterocycles. The molecule has 0 saturated heterocycles. The lowest BCUT2D eigenvalue weighted by Gasteiger charge is -2.06. The molecule has 0 radical (unpaired) electrons. The number of fused-ring (bicyclic) bond motifs is 1. The highest BCUT2D eigenvalue weighted by molar-refractivity contribution is 9.10. The van der Waals surface area contributed by atoms with Crippen LogP contribution in [-0.4, -0.2) is 18.0 Å². The van der Waals surface area contributed by atoms with Crippen LogP contribution in [-0.2, 0) is 0 Å². The first-order valence-electron chi connectivity index (χ1n) is 7.36. The third kappa shape index (κ3) is 3.34. The van der Waals surface area contributed by atoms with E-state index in [0.29, 0.717) is 15.8 Å². The summed E-state index contributed by atoms with van der Waals surface area (Å²) < 4.78 is 5.62. The Bertz CT molecular complexity index is 945. The first-order chi connectivity index (χ1) is 11.6. The highest BCUT2D eigenvalue weighted by Crippen LogP contribution is 2.35. The number of phenols is 1. The van der Waals surface area contributed by atoms with Gasteiger partial charge in [0.15, 0.2) is 17.3 Å². The number of phenolic OH excluding ortho intramolecular Hbond substituents is 1. The van der Waals surface area contributed by atoms with Crippen LogP contribution in [0.5, 0.6) is 11.5 Å². The predicted molar refractivity (Wildman–Crippen MR) is 99.7 cm³/mol. The van der Waals surface area contributed by atoms with Crippen LogP contribution >= 0.6 is 15.9 Å². The van der Waals surface area contributed by atoms with E-state index in [1.54, 1.807) is 18.2 Å². The van der Waals surface area contributed by atoms with Gasteiger partial charge >= 0.3 is 0 Å². The summed E-state index contributed by atoms with van der Waals surface area (Å²) in [5.41, 5.74) is 1.39. The third-order valence-corrected chi connectivity index (χ3v) is 4.34. The molecule has 1 N–H and O–H groups in total. The number of carbonyl (C=O) groups is 1. The van der Waals surface area contributed by atoms with E-state index in [1.807, 2.05) is 42.5 Å². The van der Waals surface area contributed by atoms with Gasteiger partial charge in [0.25, 0.3) is 0 Å². The van der Waals surface area contributed by atoms with E-state index in [0.717, 1.165) is 16.3 Å². The van der Waals surface area contributed by atoms with E-state index in [-0.39, 0.29) is 11.5 Å².